The van der Waals surface area contributed by atoms with Crippen molar-refractivity contribution in [3.05, 3.63) is 52.4 Å². The predicted octanol–water partition coefficient (Wildman–Crippen LogP) is 5.38. The van der Waals surface area contributed by atoms with E-state index in [-0.39, 0.29) is 6.10 Å². The number of nitrogens with zero attached hydrogens (tertiary/aromatic N) is 3. The van der Waals surface area contributed by atoms with E-state index in [2.05, 4.69) is 34.7 Å². The molecule has 5 rings (SSSR count). The van der Waals surface area contributed by atoms with Crippen molar-refractivity contribution in [3.8, 4) is 28.4 Å². The zero-order valence-corrected chi connectivity index (χ0v) is 18.4. The molecule has 5 nitrogen and oxygen atoms in total. The molecule has 1 fully saturated rings. The second-order valence-corrected chi connectivity index (χ2v) is 8.78. The molecule has 1 atom stereocenters. The molecule has 1 aromatic carbocycles. The molecule has 1 aliphatic carbocycles. The van der Waals surface area contributed by atoms with Gasteiger partial charge in [0.2, 0.25) is 0 Å². The zero-order chi connectivity index (χ0) is 20.8. The maximum absolute atomic E-state index is 6.57. The SMILES string of the molecule is Cc1cc(-c2nc(-c3ccc(OC4CC4)c(Cl)c3)n3c2CCOC(C)C3)cc(C)n1. The third kappa shape index (κ3) is 3.84. The van der Waals surface area contributed by atoms with Crippen molar-refractivity contribution in [2.75, 3.05) is 6.61 Å². The van der Waals surface area contributed by atoms with Gasteiger partial charge < -0.3 is 14.0 Å². The number of ether oxygens (including phenoxy) is 2. The summed E-state index contributed by atoms with van der Waals surface area (Å²) >= 11 is 6.57. The Labute approximate surface area is 182 Å². The molecule has 0 saturated heterocycles. The molecule has 156 valence electrons. The quantitative estimate of drug-likeness (QED) is 0.564. The number of hydrogen-bond acceptors (Lipinski definition) is 4. The summed E-state index contributed by atoms with van der Waals surface area (Å²) in [5.41, 5.74) is 6.29. The third-order valence-electron chi connectivity index (χ3n) is 5.62. The first-order valence-electron chi connectivity index (χ1n) is 10.6. The molecule has 0 spiro atoms. The predicted molar refractivity (Wildman–Crippen MR) is 118 cm³/mol. The summed E-state index contributed by atoms with van der Waals surface area (Å²) in [4.78, 5) is 9.64. The minimum Gasteiger partial charge on any atom is -0.489 e. The monoisotopic (exact) mass is 423 g/mol. The maximum atomic E-state index is 6.57. The van der Waals surface area contributed by atoms with Crippen LogP contribution in [-0.4, -0.2) is 33.3 Å². The molecule has 1 saturated carbocycles. The molecule has 0 bridgehead atoms. The van der Waals surface area contributed by atoms with Gasteiger partial charge in [-0.15, -0.1) is 0 Å². The van der Waals surface area contributed by atoms with Crippen molar-refractivity contribution in [1.29, 1.82) is 0 Å². The molecule has 2 aromatic heterocycles. The Balaban J connectivity index is 1.63. The number of halogens is 1. The molecule has 2 aliphatic rings. The van der Waals surface area contributed by atoms with Gasteiger partial charge in [-0.2, -0.15) is 0 Å². The summed E-state index contributed by atoms with van der Waals surface area (Å²) in [5, 5.41) is 0.631. The van der Waals surface area contributed by atoms with Gasteiger partial charge in [0.25, 0.3) is 0 Å². The highest BCUT2D eigenvalue weighted by atomic mass is 35.5. The van der Waals surface area contributed by atoms with Gasteiger partial charge in [0, 0.05) is 34.6 Å². The number of aryl methyl sites for hydroxylation is 2. The molecule has 1 unspecified atom stereocenters. The fourth-order valence-electron chi connectivity index (χ4n) is 4.13. The summed E-state index contributed by atoms with van der Waals surface area (Å²) in [6.45, 7) is 7.61. The van der Waals surface area contributed by atoms with Crippen LogP contribution in [0.15, 0.2) is 30.3 Å². The normalized spacial score (nSPS) is 18.7. The van der Waals surface area contributed by atoms with E-state index < -0.39 is 0 Å². The summed E-state index contributed by atoms with van der Waals surface area (Å²) in [7, 11) is 0. The van der Waals surface area contributed by atoms with Crippen molar-refractivity contribution < 1.29 is 9.47 Å². The number of hydrogen-bond donors (Lipinski definition) is 0. The van der Waals surface area contributed by atoms with E-state index in [9.17, 15) is 0 Å². The van der Waals surface area contributed by atoms with Gasteiger partial charge in [0.1, 0.15) is 11.6 Å². The number of rotatable bonds is 4. The third-order valence-corrected chi connectivity index (χ3v) is 5.91. The van der Waals surface area contributed by atoms with E-state index in [1.54, 1.807) is 0 Å². The molecule has 0 N–H and O–H groups in total. The van der Waals surface area contributed by atoms with Crippen LogP contribution >= 0.6 is 11.6 Å². The van der Waals surface area contributed by atoms with Crippen molar-refractivity contribution in [2.45, 2.75) is 58.8 Å². The lowest BCUT2D eigenvalue weighted by atomic mass is 10.1. The van der Waals surface area contributed by atoms with Crippen molar-refractivity contribution in [3.63, 3.8) is 0 Å². The number of pyridine rings is 1. The Hall–Kier alpha value is -2.37. The Kier molecular flexibility index (Phi) is 5.03. The highest BCUT2D eigenvalue weighted by molar-refractivity contribution is 6.32. The fourth-order valence-corrected chi connectivity index (χ4v) is 4.35. The van der Waals surface area contributed by atoms with Gasteiger partial charge in [0.05, 0.1) is 36.1 Å². The second kappa shape index (κ2) is 7.71. The van der Waals surface area contributed by atoms with E-state index in [4.69, 9.17) is 26.1 Å². The summed E-state index contributed by atoms with van der Waals surface area (Å²) in [6.07, 6.45) is 3.49. The molecular formula is C24H26ClN3O2. The van der Waals surface area contributed by atoms with E-state index in [1.165, 1.54) is 5.69 Å². The molecule has 3 aromatic rings. The Morgan fingerprint density at radius 3 is 2.53 bits per heavy atom. The molecule has 0 amide bonds. The first-order chi connectivity index (χ1) is 14.5. The molecule has 1 aliphatic heterocycles. The van der Waals surface area contributed by atoms with Crippen molar-refractivity contribution in [2.24, 2.45) is 0 Å². The number of benzene rings is 1. The smallest absolute Gasteiger partial charge is 0.141 e. The standard InChI is InChI=1S/C24H26ClN3O2/c1-14-10-18(11-15(2)26-14)23-21-8-9-29-16(3)13-28(21)24(27-23)17-4-7-22(20(25)12-17)30-19-5-6-19/h4,7,10-12,16,19H,5-6,8-9,13H2,1-3H3. The van der Waals surface area contributed by atoms with Gasteiger partial charge in [-0.25, -0.2) is 4.98 Å². The van der Waals surface area contributed by atoms with Crippen LogP contribution in [0.1, 0.15) is 36.8 Å². The van der Waals surface area contributed by atoms with Crippen LogP contribution in [0.25, 0.3) is 22.6 Å². The number of imidazole rings is 1. The Bertz CT molecular complexity index is 1080. The van der Waals surface area contributed by atoms with Gasteiger partial charge in [-0.1, -0.05) is 11.6 Å². The molecule has 30 heavy (non-hydrogen) atoms. The highest BCUT2D eigenvalue weighted by Crippen LogP contribution is 2.37. The lowest BCUT2D eigenvalue weighted by Gasteiger charge is -2.14. The summed E-state index contributed by atoms with van der Waals surface area (Å²) in [5.74, 6) is 1.67. The van der Waals surface area contributed by atoms with Gasteiger partial charge in [-0.05, 0) is 63.9 Å². The van der Waals surface area contributed by atoms with E-state index >= 15 is 0 Å². The van der Waals surface area contributed by atoms with E-state index in [0.29, 0.717) is 17.7 Å². The Morgan fingerprint density at radius 2 is 1.83 bits per heavy atom. The first kappa shape index (κ1) is 19.6. The largest absolute Gasteiger partial charge is 0.489 e. The van der Waals surface area contributed by atoms with Gasteiger partial charge >= 0.3 is 0 Å². The molecular weight excluding hydrogens is 398 g/mol. The highest BCUT2D eigenvalue weighted by Gasteiger charge is 2.26. The van der Waals surface area contributed by atoms with Crippen LogP contribution in [0.3, 0.4) is 0 Å². The summed E-state index contributed by atoms with van der Waals surface area (Å²) < 4.78 is 14.2. The first-order valence-corrected chi connectivity index (χ1v) is 11.0. The Morgan fingerprint density at radius 1 is 1.07 bits per heavy atom. The summed E-state index contributed by atoms with van der Waals surface area (Å²) in [6, 6.07) is 10.2. The minimum absolute atomic E-state index is 0.126. The maximum Gasteiger partial charge on any atom is 0.141 e. The van der Waals surface area contributed by atoms with Gasteiger partial charge in [-0.3, -0.25) is 4.98 Å². The lowest BCUT2D eigenvalue weighted by molar-refractivity contribution is 0.0666. The van der Waals surface area contributed by atoms with Crippen LogP contribution in [0.2, 0.25) is 5.02 Å². The molecule has 3 heterocycles. The van der Waals surface area contributed by atoms with Crippen LogP contribution in [-0.2, 0) is 17.7 Å². The second-order valence-electron chi connectivity index (χ2n) is 8.37. The van der Waals surface area contributed by atoms with Crippen molar-refractivity contribution in [1.82, 2.24) is 14.5 Å². The van der Waals surface area contributed by atoms with Crippen LogP contribution in [0, 0.1) is 13.8 Å². The van der Waals surface area contributed by atoms with E-state index in [0.717, 1.165) is 65.6 Å². The van der Waals surface area contributed by atoms with Crippen molar-refractivity contribution >= 4 is 11.6 Å². The number of aromatic nitrogens is 3. The zero-order valence-electron chi connectivity index (χ0n) is 17.6. The van der Waals surface area contributed by atoms with E-state index in [1.807, 2.05) is 26.0 Å². The van der Waals surface area contributed by atoms with Gasteiger partial charge in [0.15, 0.2) is 0 Å². The van der Waals surface area contributed by atoms with Crippen LogP contribution in [0.5, 0.6) is 5.75 Å². The average molecular weight is 424 g/mol. The fraction of sp³-hybridized carbons (Fsp3) is 0.417. The lowest BCUT2D eigenvalue weighted by Crippen LogP contribution is -2.15. The average Bonchev–Trinajstić information content (AvgIpc) is 3.47. The van der Waals surface area contributed by atoms with Crippen LogP contribution < -0.4 is 4.74 Å². The molecule has 6 heteroatoms. The molecule has 0 radical (unpaired) electrons. The van der Waals surface area contributed by atoms with Crippen LogP contribution in [0.4, 0.5) is 0 Å². The minimum atomic E-state index is 0.126. The number of fused-ring (bicyclic) bond motifs is 1. The topological polar surface area (TPSA) is 49.2 Å².